The summed E-state index contributed by atoms with van der Waals surface area (Å²) < 4.78 is 0. The van der Waals surface area contributed by atoms with E-state index < -0.39 is 0 Å². The van der Waals surface area contributed by atoms with Crippen LogP contribution in [-0.4, -0.2) is 34.0 Å². The maximum atomic E-state index is 12.6. The molecule has 0 saturated carbocycles. The normalized spacial score (nSPS) is 17.8. The van der Waals surface area contributed by atoms with E-state index in [4.69, 9.17) is 4.99 Å². The van der Waals surface area contributed by atoms with E-state index >= 15 is 0 Å². The zero-order valence-corrected chi connectivity index (χ0v) is 15.4. The van der Waals surface area contributed by atoms with E-state index in [1.54, 1.807) is 6.08 Å². The summed E-state index contributed by atoms with van der Waals surface area (Å²) in [6.45, 7) is 3.63. The van der Waals surface area contributed by atoms with Crippen LogP contribution < -0.4 is 5.32 Å². The fourth-order valence-corrected chi connectivity index (χ4v) is 4.01. The maximum Gasteiger partial charge on any atom is 0.248 e. The summed E-state index contributed by atoms with van der Waals surface area (Å²) in [5.41, 5.74) is 3.48. The summed E-state index contributed by atoms with van der Waals surface area (Å²) in [5.74, 6) is 0.0266. The minimum Gasteiger partial charge on any atom is -0.339 e. The Hall–Kier alpha value is -2.60. The van der Waals surface area contributed by atoms with Crippen molar-refractivity contribution >= 4 is 34.2 Å². The number of amides is 1. The van der Waals surface area contributed by atoms with Crippen molar-refractivity contribution in [1.82, 2.24) is 9.88 Å². The molecule has 0 aliphatic carbocycles. The van der Waals surface area contributed by atoms with E-state index in [1.807, 2.05) is 54.3 Å². The SMILES string of the molecule is Cc1ccc2c(n1)SC(Nc1ccccc1)=N/C2=C\C(=O)N1CCCC1. The number of hydrogen-bond donors (Lipinski definition) is 1. The van der Waals surface area contributed by atoms with Crippen LogP contribution in [0.5, 0.6) is 0 Å². The Labute approximate surface area is 157 Å². The van der Waals surface area contributed by atoms with Gasteiger partial charge in [-0.2, -0.15) is 0 Å². The van der Waals surface area contributed by atoms with Gasteiger partial charge in [0.25, 0.3) is 0 Å². The third kappa shape index (κ3) is 3.65. The second-order valence-electron chi connectivity index (χ2n) is 6.38. The van der Waals surface area contributed by atoms with Crippen LogP contribution in [0.1, 0.15) is 24.1 Å². The largest absolute Gasteiger partial charge is 0.339 e. The predicted octanol–water partition coefficient (Wildman–Crippen LogP) is 3.93. The van der Waals surface area contributed by atoms with Crippen LogP contribution in [0.15, 0.2) is 58.6 Å². The number of thioether (sulfide) groups is 1. The minimum absolute atomic E-state index is 0.0266. The molecule has 0 spiro atoms. The van der Waals surface area contributed by atoms with Crippen LogP contribution in [0.25, 0.3) is 5.70 Å². The smallest absolute Gasteiger partial charge is 0.248 e. The van der Waals surface area contributed by atoms with Crippen LogP contribution in [0.3, 0.4) is 0 Å². The van der Waals surface area contributed by atoms with Crippen LogP contribution in [0, 0.1) is 6.92 Å². The molecule has 26 heavy (non-hydrogen) atoms. The van der Waals surface area contributed by atoms with E-state index in [0.717, 1.165) is 53.1 Å². The summed E-state index contributed by atoms with van der Waals surface area (Å²) in [6.07, 6.45) is 3.80. The molecule has 3 heterocycles. The van der Waals surface area contributed by atoms with E-state index in [9.17, 15) is 4.79 Å². The number of benzene rings is 1. The van der Waals surface area contributed by atoms with Crippen molar-refractivity contribution in [2.75, 3.05) is 18.4 Å². The van der Waals surface area contributed by atoms with Crippen LogP contribution in [0.2, 0.25) is 0 Å². The van der Waals surface area contributed by atoms with E-state index in [-0.39, 0.29) is 5.91 Å². The molecule has 1 amide bonds. The van der Waals surface area contributed by atoms with Crippen molar-refractivity contribution in [2.45, 2.75) is 24.8 Å². The number of para-hydroxylation sites is 1. The number of fused-ring (bicyclic) bond motifs is 1. The number of nitrogens with zero attached hydrogens (tertiary/aromatic N) is 3. The molecule has 6 heteroatoms. The van der Waals surface area contributed by atoms with Gasteiger partial charge < -0.3 is 10.2 Å². The summed E-state index contributed by atoms with van der Waals surface area (Å²) in [6, 6.07) is 13.8. The number of rotatable bonds is 2. The Balaban J connectivity index is 1.68. The van der Waals surface area contributed by atoms with Gasteiger partial charge in [-0.3, -0.25) is 4.79 Å². The van der Waals surface area contributed by atoms with E-state index in [2.05, 4.69) is 10.3 Å². The van der Waals surface area contributed by atoms with Gasteiger partial charge in [0.2, 0.25) is 5.91 Å². The standard InChI is InChI=1S/C20H20N4OS/c1-14-9-10-16-17(13-18(25)24-11-5-6-12-24)23-20(26-19(16)21-14)22-15-7-3-2-4-8-15/h2-4,7-10,13H,5-6,11-12H2,1H3,(H,22,23)/b17-13-. The lowest BCUT2D eigenvalue weighted by molar-refractivity contribution is -0.124. The summed E-state index contributed by atoms with van der Waals surface area (Å²) in [4.78, 5) is 23.8. The molecule has 1 saturated heterocycles. The van der Waals surface area contributed by atoms with Crippen molar-refractivity contribution in [3.63, 3.8) is 0 Å². The highest BCUT2D eigenvalue weighted by molar-refractivity contribution is 8.14. The lowest BCUT2D eigenvalue weighted by atomic mass is 10.2. The first-order chi connectivity index (χ1) is 12.7. The van der Waals surface area contributed by atoms with Gasteiger partial charge in [0.1, 0.15) is 5.03 Å². The summed E-state index contributed by atoms with van der Waals surface area (Å²) >= 11 is 1.49. The molecule has 0 radical (unpaired) electrons. The van der Waals surface area contributed by atoms with Crippen LogP contribution in [-0.2, 0) is 4.79 Å². The minimum atomic E-state index is 0.0266. The quantitative estimate of drug-likeness (QED) is 0.821. The average molecular weight is 364 g/mol. The van der Waals surface area contributed by atoms with Gasteiger partial charge in [-0.05, 0) is 55.8 Å². The molecule has 0 unspecified atom stereocenters. The van der Waals surface area contributed by atoms with Crippen molar-refractivity contribution in [1.29, 1.82) is 0 Å². The fourth-order valence-electron chi connectivity index (χ4n) is 3.04. The molecular weight excluding hydrogens is 344 g/mol. The highest BCUT2D eigenvalue weighted by Gasteiger charge is 2.22. The number of aromatic nitrogens is 1. The Kier molecular flexibility index (Phi) is 4.75. The lowest BCUT2D eigenvalue weighted by Crippen LogP contribution is -2.26. The molecule has 1 N–H and O–H groups in total. The number of nitrogens with one attached hydrogen (secondary N) is 1. The van der Waals surface area contributed by atoms with Gasteiger partial charge in [0.15, 0.2) is 5.17 Å². The van der Waals surface area contributed by atoms with Crippen molar-refractivity contribution in [2.24, 2.45) is 4.99 Å². The predicted molar refractivity (Wildman–Crippen MR) is 106 cm³/mol. The Morgan fingerprint density at radius 3 is 2.69 bits per heavy atom. The fraction of sp³-hybridized carbons (Fsp3) is 0.250. The number of amidine groups is 1. The molecule has 0 atom stereocenters. The van der Waals surface area contributed by atoms with Gasteiger partial charge in [-0.25, -0.2) is 9.98 Å². The number of pyridine rings is 1. The molecule has 132 valence electrons. The first kappa shape index (κ1) is 16.8. The van der Waals surface area contributed by atoms with Gasteiger partial charge in [-0.1, -0.05) is 18.2 Å². The molecule has 1 aromatic carbocycles. The highest BCUT2D eigenvalue weighted by atomic mass is 32.2. The zero-order chi connectivity index (χ0) is 17.9. The molecule has 2 aliphatic rings. The maximum absolute atomic E-state index is 12.6. The van der Waals surface area contributed by atoms with Crippen LogP contribution >= 0.6 is 11.8 Å². The molecule has 2 aliphatic heterocycles. The monoisotopic (exact) mass is 364 g/mol. The summed E-state index contributed by atoms with van der Waals surface area (Å²) in [7, 11) is 0. The Morgan fingerprint density at radius 1 is 1.15 bits per heavy atom. The molecular formula is C20H20N4OS. The van der Waals surface area contributed by atoms with Gasteiger partial charge in [0.05, 0.1) is 5.70 Å². The second-order valence-corrected chi connectivity index (χ2v) is 7.35. The molecule has 0 bridgehead atoms. The number of hydrogen-bond acceptors (Lipinski definition) is 5. The number of anilines is 1. The number of likely N-dealkylation sites (tertiary alicyclic amines) is 1. The van der Waals surface area contributed by atoms with Crippen molar-refractivity contribution < 1.29 is 4.79 Å². The first-order valence-electron chi connectivity index (χ1n) is 8.76. The lowest BCUT2D eigenvalue weighted by Gasteiger charge is -2.19. The van der Waals surface area contributed by atoms with Gasteiger partial charge in [0, 0.05) is 36.1 Å². The average Bonchev–Trinajstić information content (AvgIpc) is 3.17. The first-order valence-corrected chi connectivity index (χ1v) is 9.58. The number of carbonyl (C=O) groups is 1. The Morgan fingerprint density at radius 2 is 1.92 bits per heavy atom. The van der Waals surface area contributed by atoms with E-state index in [0.29, 0.717) is 5.70 Å². The number of carbonyl (C=O) groups excluding carboxylic acids is 1. The topological polar surface area (TPSA) is 57.6 Å². The van der Waals surface area contributed by atoms with Crippen LogP contribution in [0.4, 0.5) is 5.69 Å². The molecule has 1 aromatic heterocycles. The third-order valence-corrected chi connectivity index (χ3v) is 5.29. The molecule has 1 fully saturated rings. The van der Waals surface area contributed by atoms with Gasteiger partial charge >= 0.3 is 0 Å². The third-order valence-electron chi connectivity index (χ3n) is 4.39. The molecule has 2 aromatic rings. The van der Waals surface area contributed by atoms with Gasteiger partial charge in [-0.15, -0.1) is 0 Å². The van der Waals surface area contributed by atoms with E-state index in [1.165, 1.54) is 11.8 Å². The molecule has 5 nitrogen and oxygen atoms in total. The second kappa shape index (κ2) is 7.33. The molecule has 4 rings (SSSR count). The highest BCUT2D eigenvalue weighted by Crippen LogP contribution is 2.35. The summed E-state index contributed by atoms with van der Waals surface area (Å²) in [5, 5.41) is 4.92. The number of aryl methyl sites for hydroxylation is 1. The number of aliphatic imine (C=N–C) groups is 1. The zero-order valence-electron chi connectivity index (χ0n) is 14.6. The van der Waals surface area contributed by atoms with Crippen molar-refractivity contribution in [3.05, 3.63) is 59.8 Å². The van der Waals surface area contributed by atoms with Crippen molar-refractivity contribution in [3.8, 4) is 0 Å². The Bertz CT molecular complexity index is 886.